The summed E-state index contributed by atoms with van der Waals surface area (Å²) in [4.78, 5) is 27.0. The number of aromatic amines is 1. The van der Waals surface area contributed by atoms with E-state index in [1.807, 2.05) is 4.98 Å². The van der Waals surface area contributed by atoms with Crippen LogP contribution in [-0.2, 0) is 17.9 Å². The lowest BCUT2D eigenvalue weighted by atomic mass is 9.98. The molecule has 0 spiro atoms. The minimum atomic E-state index is -2.97. The third kappa shape index (κ3) is 3.54. The first kappa shape index (κ1) is 9.79. The molecule has 1 aromatic heterocycles. The second kappa shape index (κ2) is 7.22. The summed E-state index contributed by atoms with van der Waals surface area (Å²) < 4.78 is 52.7. The molecule has 2 aromatic rings. The second-order valence-electron chi connectivity index (χ2n) is 4.76. The predicted octanol–water partition coefficient (Wildman–Crippen LogP) is 2.24. The Bertz CT molecular complexity index is 902. The smallest absolute Gasteiger partial charge is 0.330 e. The van der Waals surface area contributed by atoms with Gasteiger partial charge in [0.15, 0.2) is 0 Å². The molecular formula is C17H22N2O3. The van der Waals surface area contributed by atoms with E-state index in [-0.39, 0.29) is 25.5 Å². The van der Waals surface area contributed by atoms with Crippen molar-refractivity contribution in [3.05, 3.63) is 68.0 Å². The minimum absolute atomic E-state index is 0.00503. The molecule has 0 amide bonds. The van der Waals surface area contributed by atoms with Gasteiger partial charge in [0.2, 0.25) is 0 Å². The highest BCUT2D eigenvalue weighted by molar-refractivity contribution is 5.28. The molecule has 1 heterocycles. The summed E-state index contributed by atoms with van der Waals surface area (Å²) in [5.74, 6) is -2.05. The van der Waals surface area contributed by atoms with Crippen LogP contribution in [0.25, 0.3) is 0 Å². The van der Waals surface area contributed by atoms with Crippen LogP contribution >= 0.6 is 0 Å². The fourth-order valence-electron chi connectivity index (χ4n) is 2.23. The lowest BCUT2D eigenvalue weighted by Gasteiger charge is -2.18. The predicted molar refractivity (Wildman–Crippen MR) is 86.3 cm³/mol. The fourth-order valence-corrected chi connectivity index (χ4v) is 2.23. The maximum Gasteiger partial charge on any atom is 0.330 e. The Balaban J connectivity index is 2.82. The number of hydrogen-bond donors (Lipinski definition) is 1. The summed E-state index contributed by atoms with van der Waals surface area (Å²) in [6, 6.07) is 8.75. The van der Waals surface area contributed by atoms with E-state index in [2.05, 4.69) is 0 Å². The molecule has 1 aromatic carbocycles. The Hall–Kier alpha value is -2.14. The van der Waals surface area contributed by atoms with Crippen molar-refractivity contribution in [1.82, 2.24) is 9.55 Å². The minimum Gasteiger partial charge on any atom is -0.361 e. The van der Waals surface area contributed by atoms with E-state index in [0.29, 0.717) is 5.56 Å². The fraction of sp³-hybridized carbons (Fsp3) is 0.412. The summed E-state index contributed by atoms with van der Waals surface area (Å²) in [6.07, 6.45) is 0.00503. The summed E-state index contributed by atoms with van der Waals surface area (Å²) in [5.41, 5.74) is -1.54. The van der Waals surface area contributed by atoms with Gasteiger partial charge in [-0.1, -0.05) is 44.0 Å². The van der Waals surface area contributed by atoms with E-state index >= 15 is 0 Å². The number of nitrogens with zero attached hydrogens (tertiary/aromatic N) is 1. The van der Waals surface area contributed by atoms with Crippen molar-refractivity contribution in [1.29, 1.82) is 0 Å². The van der Waals surface area contributed by atoms with Crippen LogP contribution in [0.1, 0.15) is 51.6 Å². The van der Waals surface area contributed by atoms with Gasteiger partial charge in [-0.3, -0.25) is 14.3 Å². The first-order valence-corrected chi connectivity index (χ1v) is 6.94. The molecule has 2 rings (SSSR count). The number of ether oxygens (including phenoxy) is 1. The van der Waals surface area contributed by atoms with Crippen molar-refractivity contribution in [3.8, 4) is 0 Å². The van der Waals surface area contributed by atoms with Crippen molar-refractivity contribution in [2.24, 2.45) is 0 Å². The highest BCUT2D eigenvalue weighted by atomic mass is 16.5. The summed E-state index contributed by atoms with van der Waals surface area (Å²) in [7, 11) is 0. The molecule has 0 bridgehead atoms. The van der Waals surface area contributed by atoms with E-state index in [9.17, 15) is 9.59 Å². The summed E-state index contributed by atoms with van der Waals surface area (Å²) in [5, 5.41) is 0. The zero-order valence-corrected chi connectivity index (χ0v) is 12.3. The second-order valence-corrected chi connectivity index (χ2v) is 4.76. The van der Waals surface area contributed by atoms with Crippen molar-refractivity contribution in [2.75, 3.05) is 6.61 Å². The molecule has 0 saturated carbocycles. The monoisotopic (exact) mass is 308 g/mol. The van der Waals surface area contributed by atoms with Crippen LogP contribution in [0.15, 0.2) is 39.9 Å². The molecule has 0 fully saturated rings. The van der Waals surface area contributed by atoms with Gasteiger partial charge in [0.05, 0.1) is 0 Å². The van der Waals surface area contributed by atoms with Crippen LogP contribution in [0.5, 0.6) is 0 Å². The van der Waals surface area contributed by atoms with Crippen molar-refractivity contribution >= 4 is 0 Å². The zero-order valence-electron chi connectivity index (χ0n) is 18.3. The molecule has 0 radical (unpaired) electrons. The molecule has 0 aliphatic carbocycles. The molecule has 0 aliphatic rings. The van der Waals surface area contributed by atoms with Crippen molar-refractivity contribution < 1.29 is 13.0 Å². The lowest BCUT2D eigenvalue weighted by molar-refractivity contribution is 0.0821. The topological polar surface area (TPSA) is 64.1 Å². The summed E-state index contributed by atoms with van der Waals surface area (Å²) >= 11 is 0. The third-order valence-electron chi connectivity index (χ3n) is 3.27. The van der Waals surface area contributed by atoms with Crippen LogP contribution in [0.4, 0.5) is 0 Å². The Morgan fingerprint density at radius 3 is 2.64 bits per heavy atom. The molecular weight excluding hydrogens is 280 g/mol. The largest absolute Gasteiger partial charge is 0.361 e. The van der Waals surface area contributed by atoms with Gasteiger partial charge < -0.3 is 4.74 Å². The quantitative estimate of drug-likeness (QED) is 0.890. The maximum absolute atomic E-state index is 12.6. The highest BCUT2D eigenvalue weighted by Crippen LogP contribution is 2.17. The van der Waals surface area contributed by atoms with E-state index in [1.165, 1.54) is 0 Å². The van der Waals surface area contributed by atoms with Gasteiger partial charge in [0.1, 0.15) is 6.73 Å². The maximum atomic E-state index is 12.6. The normalized spacial score (nSPS) is 16.3. The lowest BCUT2D eigenvalue weighted by Crippen LogP contribution is -2.36. The zero-order chi connectivity index (χ0) is 21.1. The number of nitrogens with one attached hydrogen (secondary N) is 1. The van der Waals surface area contributed by atoms with E-state index in [1.54, 1.807) is 37.3 Å². The van der Waals surface area contributed by atoms with Gasteiger partial charge in [-0.15, -0.1) is 0 Å². The first-order chi connectivity index (χ1) is 13.0. The molecule has 1 N–H and O–H groups in total. The molecule has 22 heavy (non-hydrogen) atoms. The number of benzene rings is 1. The molecule has 118 valence electrons. The Morgan fingerprint density at radius 2 is 2.00 bits per heavy atom. The van der Waals surface area contributed by atoms with Gasteiger partial charge in [-0.05, 0) is 18.4 Å². The number of rotatable bonds is 6. The van der Waals surface area contributed by atoms with Gasteiger partial charge in [-0.2, -0.15) is 0 Å². The Morgan fingerprint density at radius 1 is 1.27 bits per heavy atom. The SMILES string of the molecule is [2H]C([2H])([2H])C(c1c(Cc2ccccc2)n(COCC)c(=O)[nH]c1=O)C([2H])([2H])[2H]. The Kier molecular flexibility index (Phi) is 3.21. The van der Waals surface area contributed by atoms with Crippen LogP contribution in [0.3, 0.4) is 0 Å². The van der Waals surface area contributed by atoms with Gasteiger partial charge >= 0.3 is 5.69 Å². The molecule has 0 saturated heterocycles. The molecule has 0 unspecified atom stereocenters. The highest BCUT2D eigenvalue weighted by Gasteiger charge is 2.17. The molecule has 5 nitrogen and oxygen atoms in total. The van der Waals surface area contributed by atoms with Crippen LogP contribution in [0.2, 0.25) is 0 Å². The van der Waals surface area contributed by atoms with E-state index < -0.39 is 36.4 Å². The van der Waals surface area contributed by atoms with Crippen LogP contribution in [-0.4, -0.2) is 16.2 Å². The van der Waals surface area contributed by atoms with E-state index in [4.69, 9.17) is 13.0 Å². The molecule has 0 aliphatic heterocycles. The van der Waals surface area contributed by atoms with Crippen LogP contribution in [0, 0.1) is 0 Å². The van der Waals surface area contributed by atoms with Gasteiger partial charge in [0.25, 0.3) is 5.56 Å². The van der Waals surface area contributed by atoms with Crippen molar-refractivity contribution in [2.45, 2.75) is 39.7 Å². The average Bonchev–Trinajstić information content (AvgIpc) is 2.56. The number of H-pyrrole nitrogens is 1. The number of aromatic nitrogens is 2. The summed E-state index contributed by atoms with van der Waals surface area (Å²) in [6.45, 7) is -4.21. The molecule has 0 atom stereocenters. The third-order valence-corrected chi connectivity index (χ3v) is 3.27. The standard InChI is InChI=1S/C17H22N2O3/c1-4-22-11-19-14(10-13-8-6-5-7-9-13)15(12(2)3)16(20)18-17(19)21/h5-9,12H,4,10-11H2,1-3H3,(H,18,20,21)/i2D3,3D3. The van der Waals surface area contributed by atoms with Crippen LogP contribution < -0.4 is 11.2 Å². The Labute approximate surface area is 138 Å². The first-order valence-electron chi connectivity index (χ1n) is 9.94. The van der Waals surface area contributed by atoms with Crippen molar-refractivity contribution in [3.63, 3.8) is 0 Å². The average molecular weight is 308 g/mol. The molecule has 5 heteroatoms. The van der Waals surface area contributed by atoms with Gasteiger partial charge in [0, 0.05) is 32.5 Å². The van der Waals surface area contributed by atoms with E-state index in [0.717, 1.165) is 4.57 Å². The van der Waals surface area contributed by atoms with Gasteiger partial charge in [-0.25, -0.2) is 4.79 Å². The number of hydrogen-bond acceptors (Lipinski definition) is 3.